The predicted octanol–water partition coefficient (Wildman–Crippen LogP) is 5.49. The van der Waals surface area contributed by atoms with Crippen molar-refractivity contribution in [3.8, 4) is 11.8 Å². The van der Waals surface area contributed by atoms with E-state index < -0.39 is 5.97 Å². The number of carboxylic acids is 1. The molecule has 9 heteroatoms. The molecule has 3 rings (SSSR count). The number of hydrogen-bond donors (Lipinski definition) is 3. The van der Waals surface area contributed by atoms with Crippen molar-refractivity contribution in [1.82, 2.24) is 4.90 Å². The normalized spacial score (nSPS) is 24.1. The van der Waals surface area contributed by atoms with Crippen LogP contribution in [0.3, 0.4) is 0 Å². The Morgan fingerprint density at radius 1 is 1.05 bits per heavy atom. The lowest BCUT2D eigenvalue weighted by Crippen LogP contribution is -2.47. The van der Waals surface area contributed by atoms with E-state index in [9.17, 15) is 14.7 Å². The molecule has 0 radical (unpaired) electrons. The third kappa shape index (κ3) is 8.69. The lowest BCUT2D eigenvalue weighted by atomic mass is 9.81. The van der Waals surface area contributed by atoms with Crippen molar-refractivity contribution >= 4 is 28.9 Å². The van der Waals surface area contributed by atoms with Gasteiger partial charge in [-0.25, -0.2) is 4.79 Å². The highest BCUT2D eigenvalue weighted by molar-refractivity contribution is 7.15. The average molecular weight is 571 g/mol. The Morgan fingerprint density at radius 2 is 1.68 bits per heavy atom. The van der Waals surface area contributed by atoms with Crippen molar-refractivity contribution in [3.63, 3.8) is 0 Å². The Kier molecular flexibility index (Phi) is 10.6. The number of allylic oxidation sites excluding steroid dienone is 2. The molecule has 0 aromatic carbocycles. The van der Waals surface area contributed by atoms with Crippen LogP contribution < -0.4 is 16.4 Å². The summed E-state index contributed by atoms with van der Waals surface area (Å²) in [6.07, 6.45) is 9.79. The number of aromatic carboxylic acids is 1. The van der Waals surface area contributed by atoms with Gasteiger partial charge >= 0.3 is 5.97 Å². The van der Waals surface area contributed by atoms with Gasteiger partial charge in [0.15, 0.2) is 5.88 Å². The van der Waals surface area contributed by atoms with Gasteiger partial charge in [-0.3, -0.25) is 4.79 Å². The molecule has 0 aliphatic heterocycles. The fraction of sp³-hybridized carbons (Fsp3) is 0.613. The molecule has 1 aromatic rings. The van der Waals surface area contributed by atoms with Crippen LogP contribution in [-0.2, 0) is 9.53 Å². The minimum Gasteiger partial charge on any atom is -0.477 e. The van der Waals surface area contributed by atoms with Gasteiger partial charge < -0.3 is 31.1 Å². The number of carbonyl (C=O) groups is 2. The first-order valence-corrected chi connectivity index (χ1v) is 15.1. The van der Waals surface area contributed by atoms with Gasteiger partial charge in [0.1, 0.15) is 11.0 Å². The fourth-order valence-electron chi connectivity index (χ4n) is 5.19. The Bertz CT molecular complexity index is 1170. The van der Waals surface area contributed by atoms with E-state index in [1.54, 1.807) is 28.0 Å². The molecule has 0 unspecified atom stereocenters. The van der Waals surface area contributed by atoms with Gasteiger partial charge in [-0.05, 0) is 90.2 Å². The molecule has 1 heterocycles. The first-order valence-electron chi connectivity index (χ1n) is 14.3. The smallest absolute Gasteiger partial charge is 0.348 e. The van der Waals surface area contributed by atoms with Crippen LogP contribution in [0.25, 0.3) is 0 Å². The Balaban J connectivity index is 1.86. The van der Waals surface area contributed by atoms with E-state index in [1.807, 2.05) is 34.9 Å². The molecule has 0 spiro atoms. The molecule has 2 fully saturated rings. The SMILES string of the molecule is CN(C)/C(N)=C/C=C(\N)O[C@H]1CC[C@H](N(c2cc(C#CC(C)(C)C)sc2C(=O)O)C(=O)[C@H]2CC[C@H](C)CC2)CC1. The maximum atomic E-state index is 14.1. The lowest BCUT2D eigenvalue weighted by molar-refractivity contribution is -0.124. The number of carboxylic acid groups (broad SMARTS) is 1. The summed E-state index contributed by atoms with van der Waals surface area (Å²) in [5, 5.41) is 10.1. The van der Waals surface area contributed by atoms with Crippen molar-refractivity contribution in [3.05, 3.63) is 39.7 Å². The summed E-state index contributed by atoms with van der Waals surface area (Å²) < 4.78 is 5.98. The molecule has 40 heavy (non-hydrogen) atoms. The number of hydrogen-bond acceptors (Lipinski definition) is 7. The Morgan fingerprint density at radius 3 is 2.23 bits per heavy atom. The maximum absolute atomic E-state index is 14.1. The van der Waals surface area contributed by atoms with Gasteiger partial charge in [0, 0.05) is 37.5 Å². The molecule has 0 saturated heterocycles. The monoisotopic (exact) mass is 570 g/mol. The molecule has 2 saturated carbocycles. The number of carbonyl (C=O) groups excluding carboxylic acids is 1. The van der Waals surface area contributed by atoms with Crippen LogP contribution in [0.1, 0.15) is 93.6 Å². The topological polar surface area (TPSA) is 122 Å². The highest BCUT2D eigenvalue weighted by Gasteiger charge is 2.37. The first kappa shape index (κ1) is 31.4. The number of anilines is 1. The zero-order valence-electron chi connectivity index (χ0n) is 24.8. The van der Waals surface area contributed by atoms with E-state index in [0.717, 1.165) is 37.0 Å². The fourth-order valence-corrected chi connectivity index (χ4v) is 6.03. The van der Waals surface area contributed by atoms with Gasteiger partial charge in [0.2, 0.25) is 5.91 Å². The first-order chi connectivity index (χ1) is 18.7. The second-order valence-corrected chi connectivity index (χ2v) is 13.5. The van der Waals surface area contributed by atoms with Crippen LogP contribution in [0, 0.1) is 29.1 Å². The Labute approximate surface area is 243 Å². The molecule has 5 N–H and O–H groups in total. The van der Waals surface area contributed by atoms with Crippen LogP contribution in [0.2, 0.25) is 0 Å². The van der Waals surface area contributed by atoms with Gasteiger partial charge in [0.05, 0.1) is 16.4 Å². The highest BCUT2D eigenvalue weighted by atomic mass is 32.1. The minimum absolute atomic E-state index is 0.0376. The quantitative estimate of drug-likeness (QED) is 0.215. The van der Waals surface area contributed by atoms with Gasteiger partial charge in [-0.2, -0.15) is 0 Å². The van der Waals surface area contributed by atoms with Crippen molar-refractivity contribution in [1.29, 1.82) is 0 Å². The molecule has 220 valence electrons. The zero-order chi connectivity index (χ0) is 29.6. The number of nitrogens with two attached hydrogens (primary N) is 2. The molecule has 0 bridgehead atoms. The van der Waals surface area contributed by atoms with Crippen LogP contribution in [-0.4, -0.2) is 48.1 Å². The summed E-state index contributed by atoms with van der Waals surface area (Å²) in [5.74, 6) is 6.74. The van der Waals surface area contributed by atoms with E-state index in [-0.39, 0.29) is 34.3 Å². The van der Waals surface area contributed by atoms with Crippen molar-refractivity contribution < 1.29 is 19.4 Å². The molecule has 8 nitrogen and oxygen atoms in total. The summed E-state index contributed by atoms with van der Waals surface area (Å²) in [6, 6.07) is 1.69. The molecule has 1 aromatic heterocycles. The number of rotatable bonds is 8. The predicted molar refractivity (Wildman–Crippen MR) is 162 cm³/mol. The molecule has 2 aliphatic rings. The standard InChI is InChI=1S/C31H46N4O4S/c1-20-7-9-21(10-8-20)29(36)35(25-19-24(17-18-31(2,3)4)40-28(25)30(37)38)22-11-13-23(14-12-22)39-27(33)16-15-26(32)34(5)6/h15-16,19-23H,7-14,32-33H2,1-6H3,(H,37,38)/b26-15+,27-16+/t20-,21-,22-,23-. The van der Waals surface area contributed by atoms with Crippen LogP contribution in [0.15, 0.2) is 29.9 Å². The summed E-state index contributed by atoms with van der Waals surface area (Å²) in [7, 11) is 3.70. The van der Waals surface area contributed by atoms with Crippen molar-refractivity contribution in [2.24, 2.45) is 28.7 Å². The average Bonchev–Trinajstić information content (AvgIpc) is 3.31. The minimum atomic E-state index is -1.03. The highest BCUT2D eigenvalue weighted by Crippen LogP contribution is 2.39. The van der Waals surface area contributed by atoms with Crippen LogP contribution >= 0.6 is 11.3 Å². The van der Waals surface area contributed by atoms with Crippen LogP contribution in [0.4, 0.5) is 5.69 Å². The third-order valence-corrected chi connectivity index (χ3v) is 8.60. The molecule has 2 aliphatic carbocycles. The second-order valence-electron chi connectivity index (χ2n) is 12.4. The maximum Gasteiger partial charge on any atom is 0.348 e. The molecular formula is C31H46N4O4S. The third-order valence-electron chi connectivity index (χ3n) is 7.58. The van der Waals surface area contributed by atoms with Crippen molar-refractivity contribution in [2.75, 3.05) is 19.0 Å². The summed E-state index contributed by atoms with van der Waals surface area (Å²) in [4.78, 5) is 30.9. The summed E-state index contributed by atoms with van der Waals surface area (Å²) in [6.45, 7) is 8.28. The molecule has 0 atom stereocenters. The van der Waals surface area contributed by atoms with E-state index >= 15 is 0 Å². The Hall–Kier alpha value is -3.12. The van der Waals surface area contributed by atoms with Gasteiger partial charge in [-0.15, -0.1) is 11.3 Å². The van der Waals surface area contributed by atoms with E-state index in [0.29, 0.717) is 53.9 Å². The molecular weight excluding hydrogens is 524 g/mol. The number of amides is 1. The lowest BCUT2D eigenvalue weighted by Gasteiger charge is -2.39. The largest absolute Gasteiger partial charge is 0.477 e. The number of nitrogens with zero attached hydrogens (tertiary/aromatic N) is 2. The number of ether oxygens (including phenoxy) is 1. The number of thiophene rings is 1. The zero-order valence-corrected chi connectivity index (χ0v) is 25.6. The second kappa shape index (κ2) is 13.5. The van der Waals surface area contributed by atoms with E-state index in [2.05, 4.69) is 18.8 Å². The van der Waals surface area contributed by atoms with Gasteiger partial charge in [0.25, 0.3) is 0 Å². The summed E-state index contributed by atoms with van der Waals surface area (Å²) >= 11 is 1.15. The molecule has 1 amide bonds. The van der Waals surface area contributed by atoms with Crippen LogP contribution in [0.5, 0.6) is 0 Å². The van der Waals surface area contributed by atoms with E-state index in [1.165, 1.54) is 0 Å². The van der Waals surface area contributed by atoms with E-state index in [4.69, 9.17) is 16.2 Å². The van der Waals surface area contributed by atoms with Gasteiger partial charge in [-0.1, -0.05) is 18.8 Å². The van der Waals surface area contributed by atoms with Crippen molar-refractivity contribution in [2.45, 2.75) is 91.2 Å². The summed E-state index contributed by atoms with van der Waals surface area (Å²) in [5.41, 5.74) is 12.3.